The molecule has 1 aromatic carbocycles. The quantitative estimate of drug-likeness (QED) is 0.874. The fourth-order valence-electron chi connectivity index (χ4n) is 1.75. The van der Waals surface area contributed by atoms with Crippen molar-refractivity contribution in [2.75, 3.05) is 18.0 Å². The second-order valence-corrected chi connectivity index (χ2v) is 3.97. The number of benzene rings is 1. The molecule has 5 nitrogen and oxygen atoms in total. The van der Waals surface area contributed by atoms with Crippen molar-refractivity contribution < 1.29 is 4.52 Å². The van der Waals surface area contributed by atoms with Crippen LogP contribution in [-0.4, -0.2) is 23.2 Å². The number of hydrogen-bond donors (Lipinski definition) is 1. The summed E-state index contributed by atoms with van der Waals surface area (Å²) in [7, 11) is 0. The number of anilines is 1. The molecule has 5 heteroatoms. The first-order chi connectivity index (χ1) is 8.78. The molecule has 1 aromatic heterocycles. The summed E-state index contributed by atoms with van der Waals surface area (Å²) in [6, 6.07) is 7.83. The fourth-order valence-corrected chi connectivity index (χ4v) is 1.75. The normalized spacial score (nSPS) is 10.6. The van der Waals surface area contributed by atoms with Gasteiger partial charge in [0.1, 0.15) is 0 Å². The largest absolute Gasteiger partial charge is 0.339 e. The van der Waals surface area contributed by atoms with Crippen molar-refractivity contribution in [3.05, 3.63) is 29.8 Å². The molecule has 0 amide bonds. The van der Waals surface area contributed by atoms with E-state index < -0.39 is 0 Å². The summed E-state index contributed by atoms with van der Waals surface area (Å²) in [6.07, 6.45) is 0. The topological polar surface area (TPSA) is 68.2 Å². The van der Waals surface area contributed by atoms with E-state index >= 15 is 0 Å². The molecule has 1 heterocycles. The van der Waals surface area contributed by atoms with Crippen molar-refractivity contribution in [1.29, 1.82) is 0 Å². The van der Waals surface area contributed by atoms with Crippen molar-refractivity contribution in [3.8, 4) is 11.5 Å². The van der Waals surface area contributed by atoms with E-state index in [0.29, 0.717) is 18.4 Å². The molecule has 0 atom stereocenters. The fraction of sp³-hybridized carbons (Fsp3) is 0.385. The highest BCUT2D eigenvalue weighted by Gasteiger charge is 2.12. The van der Waals surface area contributed by atoms with Crippen molar-refractivity contribution in [3.63, 3.8) is 0 Å². The molecule has 0 unspecified atom stereocenters. The van der Waals surface area contributed by atoms with Gasteiger partial charge in [-0.05, 0) is 36.7 Å². The molecule has 0 fully saturated rings. The summed E-state index contributed by atoms with van der Waals surface area (Å²) in [5.41, 5.74) is 7.56. The van der Waals surface area contributed by atoms with E-state index in [4.69, 9.17) is 10.3 Å². The first-order valence-corrected chi connectivity index (χ1v) is 6.16. The predicted molar refractivity (Wildman–Crippen MR) is 71.2 cm³/mol. The van der Waals surface area contributed by atoms with Gasteiger partial charge in [0, 0.05) is 25.2 Å². The highest BCUT2D eigenvalue weighted by Crippen LogP contribution is 2.20. The molecule has 0 aliphatic heterocycles. The third-order valence-electron chi connectivity index (χ3n) is 2.90. The third kappa shape index (κ3) is 2.51. The van der Waals surface area contributed by atoms with Gasteiger partial charge in [-0.2, -0.15) is 4.98 Å². The molecule has 0 saturated carbocycles. The molecule has 0 spiro atoms. The van der Waals surface area contributed by atoms with E-state index in [1.54, 1.807) is 0 Å². The summed E-state index contributed by atoms with van der Waals surface area (Å²) in [4.78, 5) is 6.44. The number of rotatable bonds is 5. The van der Waals surface area contributed by atoms with Crippen molar-refractivity contribution >= 4 is 5.95 Å². The molecule has 2 aromatic rings. The van der Waals surface area contributed by atoms with E-state index in [-0.39, 0.29) is 0 Å². The maximum atomic E-state index is 5.56. The molecule has 0 saturated heterocycles. The Morgan fingerprint density at radius 2 is 1.83 bits per heavy atom. The van der Waals surface area contributed by atoms with E-state index in [2.05, 4.69) is 24.0 Å². The van der Waals surface area contributed by atoms with Crippen LogP contribution in [-0.2, 0) is 6.54 Å². The number of nitrogens with two attached hydrogens (primary N) is 1. The minimum Gasteiger partial charge on any atom is -0.339 e. The van der Waals surface area contributed by atoms with Crippen LogP contribution in [0.4, 0.5) is 5.95 Å². The zero-order chi connectivity index (χ0) is 13.0. The summed E-state index contributed by atoms with van der Waals surface area (Å²) in [6.45, 7) is 6.39. The van der Waals surface area contributed by atoms with E-state index in [9.17, 15) is 0 Å². The van der Waals surface area contributed by atoms with Gasteiger partial charge >= 0.3 is 0 Å². The van der Waals surface area contributed by atoms with Gasteiger partial charge in [0.05, 0.1) is 0 Å². The highest BCUT2D eigenvalue weighted by atomic mass is 16.5. The molecule has 0 aliphatic carbocycles. The van der Waals surface area contributed by atoms with Gasteiger partial charge in [-0.3, -0.25) is 0 Å². The lowest BCUT2D eigenvalue weighted by atomic mass is 10.1. The molecular weight excluding hydrogens is 228 g/mol. The lowest BCUT2D eigenvalue weighted by molar-refractivity contribution is 0.429. The number of aromatic nitrogens is 2. The first kappa shape index (κ1) is 12.6. The molecular formula is C13H18N4O. The Morgan fingerprint density at radius 3 is 2.39 bits per heavy atom. The zero-order valence-electron chi connectivity index (χ0n) is 10.8. The Kier molecular flexibility index (Phi) is 3.94. The van der Waals surface area contributed by atoms with E-state index in [1.165, 1.54) is 0 Å². The molecule has 0 aliphatic rings. The Bertz CT molecular complexity index is 488. The molecule has 2 N–H and O–H groups in total. The summed E-state index contributed by atoms with van der Waals surface area (Å²) >= 11 is 0. The van der Waals surface area contributed by atoms with Gasteiger partial charge in [-0.15, -0.1) is 0 Å². The van der Waals surface area contributed by atoms with Crippen LogP contribution in [0.5, 0.6) is 0 Å². The maximum Gasteiger partial charge on any atom is 0.266 e. The van der Waals surface area contributed by atoms with Gasteiger partial charge in [0.2, 0.25) is 0 Å². The minimum atomic E-state index is 0.537. The molecule has 0 radical (unpaired) electrons. The Morgan fingerprint density at radius 1 is 1.17 bits per heavy atom. The average molecular weight is 246 g/mol. The van der Waals surface area contributed by atoms with Gasteiger partial charge in [0.15, 0.2) is 0 Å². The van der Waals surface area contributed by atoms with Gasteiger partial charge in [-0.25, -0.2) is 0 Å². The third-order valence-corrected chi connectivity index (χ3v) is 2.90. The maximum absolute atomic E-state index is 5.56. The Hall–Kier alpha value is -1.88. The van der Waals surface area contributed by atoms with Crippen LogP contribution in [0, 0.1) is 0 Å². The monoisotopic (exact) mass is 246 g/mol. The summed E-state index contributed by atoms with van der Waals surface area (Å²) in [5, 5.41) is 3.99. The second-order valence-electron chi connectivity index (χ2n) is 3.97. The average Bonchev–Trinajstić information content (AvgIpc) is 2.90. The van der Waals surface area contributed by atoms with Gasteiger partial charge in [0.25, 0.3) is 11.8 Å². The van der Waals surface area contributed by atoms with Crippen LogP contribution < -0.4 is 10.6 Å². The predicted octanol–water partition coefficient (Wildman–Crippen LogP) is 2.04. The standard InChI is InChI=1S/C13H18N4O/c1-3-17(4-2)13-15-12(18-16-13)11-7-5-10(9-14)6-8-11/h5-8H,3-4,9,14H2,1-2H3. The van der Waals surface area contributed by atoms with Crippen LogP contribution in [0.25, 0.3) is 11.5 Å². The van der Waals surface area contributed by atoms with E-state index in [1.807, 2.05) is 29.2 Å². The molecule has 2 rings (SSSR count). The summed E-state index contributed by atoms with van der Waals surface area (Å²) in [5.74, 6) is 1.18. The van der Waals surface area contributed by atoms with Gasteiger partial charge < -0.3 is 15.2 Å². The molecule has 18 heavy (non-hydrogen) atoms. The smallest absolute Gasteiger partial charge is 0.266 e. The van der Waals surface area contributed by atoms with Crippen LogP contribution in [0.2, 0.25) is 0 Å². The Balaban J connectivity index is 2.23. The van der Waals surface area contributed by atoms with E-state index in [0.717, 1.165) is 24.2 Å². The summed E-state index contributed by atoms with van der Waals surface area (Å²) < 4.78 is 5.27. The SMILES string of the molecule is CCN(CC)c1noc(-c2ccc(CN)cc2)n1. The van der Waals surface area contributed by atoms with Crippen molar-refractivity contribution in [2.24, 2.45) is 5.73 Å². The highest BCUT2D eigenvalue weighted by molar-refractivity contribution is 5.54. The number of hydrogen-bond acceptors (Lipinski definition) is 5. The van der Waals surface area contributed by atoms with Gasteiger partial charge in [-0.1, -0.05) is 12.1 Å². The number of nitrogens with zero attached hydrogens (tertiary/aromatic N) is 3. The van der Waals surface area contributed by atoms with Crippen LogP contribution >= 0.6 is 0 Å². The second kappa shape index (κ2) is 5.64. The minimum absolute atomic E-state index is 0.537. The Labute approximate surface area is 107 Å². The molecule has 96 valence electrons. The van der Waals surface area contributed by atoms with Crippen molar-refractivity contribution in [2.45, 2.75) is 20.4 Å². The lowest BCUT2D eigenvalue weighted by Crippen LogP contribution is -2.22. The van der Waals surface area contributed by atoms with Crippen LogP contribution in [0.3, 0.4) is 0 Å². The van der Waals surface area contributed by atoms with Crippen LogP contribution in [0.15, 0.2) is 28.8 Å². The van der Waals surface area contributed by atoms with Crippen molar-refractivity contribution in [1.82, 2.24) is 10.1 Å². The molecule has 0 bridgehead atoms. The first-order valence-electron chi connectivity index (χ1n) is 6.16. The lowest BCUT2D eigenvalue weighted by Gasteiger charge is -2.14. The zero-order valence-corrected chi connectivity index (χ0v) is 10.8. The van der Waals surface area contributed by atoms with Crippen LogP contribution in [0.1, 0.15) is 19.4 Å².